The van der Waals surface area contributed by atoms with Crippen LogP contribution < -0.4 is 4.74 Å². The molecule has 0 fully saturated rings. The predicted molar refractivity (Wildman–Crippen MR) is 112 cm³/mol. The summed E-state index contributed by atoms with van der Waals surface area (Å²) in [6.45, 7) is 4.06. The van der Waals surface area contributed by atoms with Crippen LogP contribution >= 0.6 is 0 Å². The van der Waals surface area contributed by atoms with Gasteiger partial charge in [-0.25, -0.2) is 17.7 Å². The molecule has 0 saturated heterocycles. The van der Waals surface area contributed by atoms with Crippen LogP contribution in [0.2, 0.25) is 0 Å². The second kappa shape index (κ2) is 10.2. The number of methoxy groups -OCH3 is 1. The number of carbonyl (C=O) groups is 1. The maximum atomic E-state index is 13.2. The van der Waals surface area contributed by atoms with Gasteiger partial charge < -0.3 is 19.5 Å². The number of aromatic nitrogens is 1. The third kappa shape index (κ3) is 5.92. The van der Waals surface area contributed by atoms with Crippen molar-refractivity contribution in [3.8, 4) is 17.7 Å². The average Bonchev–Trinajstić information content (AvgIpc) is 2.69. The lowest BCUT2D eigenvalue weighted by molar-refractivity contribution is 0.0373. The van der Waals surface area contributed by atoms with Gasteiger partial charge in [0, 0.05) is 38.4 Å². The third-order valence-corrected chi connectivity index (χ3v) is 6.25. The largest absolute Gasteiger partial charge is 0.472 e. The molecule has 0 bridgehead atoms. The van der Waals surface area contributed by atoms with E-state index in [1.807, 2.05) is 6.92 Å². The van der Waals surface area contributed by atoms with Crippen molar-refractivity contribution >= 4 is 15.9 Å². The molecule has 30 heavy (non-hydrogen) atoms. The van der Waals surface area contributed by atoms with Crippen molar-refractivity contribution in [2.45, 2.75) is 26.0 Å². The van der Waals surface area contributed by atoms with E-state index in [0.717, 1.165) is 6.26 Å². The summed E-state index contributed by atoms with van der Waals surface area (Å²) in [4.78, 5) is 19.1. The fraction of sp³-hybridized carbons (Fsp3) is 0.600. The van der Waals surface area contributed by atoms with Gasteiger partial charge in [0.05, 0.1) is 25.4 Å². The van der Waals surface area contributed by atoms with Crippen LogP contribution in [-0.4, -0.2) is 92.5 Å². The van der Waals surface area contributed by atoms with Gasteiger partial charge >= 0.3 is 0 Å². The van der Waals surface area contributed by atoms with Gasteiger partial charge in [0.15, 0.2) is 0 Å². The number of hydrogen-bond acceptors (Lipinski definition) is 7. The van der Waals surface area contributed by atoms with Crippen LogP contribution in [0, 0.1) is 17.8 Å². The number of likely N-dealkylation sites (N-methyl/N-ethyl adjacent to an activating group) is 1. The van der Waals surface area contributed by atoms with Crippen molar-refractivity contribution in [2.24, 2.45) is 5.92 Å². The molecule has 2 heterocycles. The summed E-state index contributed by atoms with van der Waals surface area (Å²) in [5, 5.41) is 9.65. The molecule has 1 amide bonds. The Bertz CT molecular complexity index is 924. The van der Waals surface area contributed by atoms with E-state index in [4.69, 9.17) is 9.47 Å². The van der Waals surface area contributed by atoms with E-state index < -0.39 is 22.2 Å². The van der Waals surface area contributed by atoms with Crippen LogP contribution in [-0.2, 0) is 14.8 Å². The molecular weight excluding hydrogens is 410 g/mol. The minimum atomic E-state index is -3.41. The van der Waals surface area contributed by atoms with E-state index in [9.17, 15) is 18.3 Å². The SMILES string of the molecule is COCC#Cc1cnc2c(c1)C(=O)N([C@@H](C)CO)C[C@@H](C)[C@H](CN(C)S(C)(=O)=O)O2. The molecule has 2 rings (SSSR count). The molecule has 166 valence electrons. The van der Waals surface area contributed by atoms with Crippen LogP contribution in [0.15, 0.2) is 12.3 Å². The zero-order chi connectivity index (χ0) is 22.5. The molecular formula is C20H29N3O6S. The first-order valence-electron chi connectivity index (χ1n) is 9.56. The first-order valence-corrected chi connectivity index (χ1v) is 11.4. The van der Waals surface area contributed by atoms with Crippen LogP contribution in [0.25, 0.3) is 0 Å². The zero-order valence-corrected chi connectivity index (χ0v) is 18.8. The molecule has 0 saturated carbocycles. The molecule has 9 nitrogen and oxygen atoms in total. The highest BCUT2D eigenvalue weighted by Crippen LogP contribution is 2.27. The lowest BCUT2D eigenvalue weighted by Crippen LogP contribution is -2.50. The van der Waals surface area contributed by atoms with Gasteiger partial charge in [0.25, 0.3) is 5.91 Å². The van der Waals surface area contributed by atoms with E-state index in [2.05, 4.69) is 16.8 Å². The molecule has 1 aliphatic rings. The highest BCUT2D eigenvalue weighted by molar-refractivity contribution is 7.88. The third-order valence-electron chi connectivity index (χ3n) is 4.97. The minimum absolute atomic E-state index is 0.103. The summed E-state index contributed by atoms with van der Waals surface area (Å²) < 4.78 is 35.9. The molecule has 0 radical (unpaired) electrons. The predicted octanol–water partition coefficient (Wildman–Crippen LogP) is 0.191. The molecule has 1 N–H and O–H groups in total. The van der Waals surface area contributed by atoms with E-state index in [-0.39, 0.29) is 43.0 Å². The number of ether oxygens (including phenoxy) is 2. The maximum Gasteiger partial charge on any atom is 0.259 e. The number of amides is 1. The summed E-state index contributed by atoms with van der Waals surface area (Å²) in [6, 6.07) is 1.17. The highest BCUT2D eigenvalue weighted by Gasteiger charge is 2.35. The Kier molecular flexibility index (Phi) is 8.20. The van der Waals surface area contributed by atoms with Gasteiger partial charge in [0.2, 0.25) is 15.9 Å². The number of hydrogen-bond donors (Lipinski definition) is 1. The summed E-state index contributed by atoms with van der Waals surface area (Å²) in [5.74, 6) is 5.28. The first kappa shape index (κ1) is 24.1. The Hall–Kier alpha value is -2.19. The average molecular weight is 440 g/mol. The van der Waals surface area contributed by atoms with Crippen molar-refractivity contribution in [1.29, 1.82) is 0 Å². The molecule has 1 aromatic heterocycles. The standard InChI is InChI=1S/C20H29N3O6S/c1-14-11-23(15(2)13-24)20(25)17-9-16(7-6-8-28-4)10-21-19(17)29-18(14)12-22(3)30(5,26)27/h9-10,14-15,18,24H,8,11-13H2,1-5H3/t14-,15+,18+/m1/s1. The topological polar surface area (TPSA) is 109 Å². The quantitative estimate of drug-likeness (QED) is 0.630. The fourth-order valence-corrected chi connectivity index (χ4v) is 3.41. The summed E-state index contributed by atoms with van der Waals surface area (Å²) in [5.41, 5.74) is 0.746. The Labute approximate surface area is 178 Å². The van der Waals surface area contributed by atoms with E-state index in [1.54, 1.807) is 17.9 Å². The van der Waals surface area contributed by atoms with Crippen molar-refractivity contribution in [2.75, 3.05) is 46.7 Å². The lowest BCUT2D eigenvalue weighted by atomic mass is 10.0. The Balaban J connectivity index is 2.49. The van der Waals surface area contributed by atoms with Crippen LogP contribution in [0.5, 0.6) is 5.88 Å². The number of carbonyl (C=O) groups excluding carboxylic acids is 1. The van der Waals surface area contributed by atoms with Crippen molar-refractivity contribution in [1.82, 2.24) is 14.2 Å². The van der Waals surface area contributed by atoms with Crippen LogP contribution in [0.3, 0.4) is 0 Å². The normalized spacial score (nSPS) is 20.5. The van der Waals surface area contributed by atoms with E-state index in [1.165, 1.54) is 24.7 Å². The zero-order valence-electron chi connectivity index (χ0n) is 18.0. The molecule has 0 aromatic carbocycles. The molecule has 3 atom stereocenters. The fourth-order valence-electron chi connectivity index (χ4n) is 2.99. The molecule has 1 aromatic rings. The first-order chi connectivity index (χ1) is 14.1. The van der Waals surface area contributed by atoms with Gasteiger partial charge in [-0.3, -0.25) is 4.79 Å². The molecule has 0 spiro atoms. The number of aliphatic hydroxyl groups is 1. The Morgan fingerprint density at radius 2 is 2.20 bits per heavy atom. The van der Waals surface area contributed by atoms with Gasteiger partial charge in [-0.1, -0.05) is 18.8 Å². The summed E-state index contributed by atoms with van der Waals surface area (Å²) in [7, 11) is -0.393. The highest BCUT2D eigenvalue weighted by atomic mass is 32.2. The van der Waals surface area contributed by atoms with Gasteiger partial charge in [-0.05, 0) is 13.0 Å². The second-order valence-corrected chi connectivity index (χ2v) is 9.57. The number of nitrogens with zero attached hydrogens (tertiary/aromatic N) is 3. The van der Waals surface area contributed by atoms with Crippen LogP contribution in [0.1, 0.15) is 29.8 Å². The number of aliphatic hydroxyl groups excluding tert-OH is 1. The summed E-state index contributed by atoms with van der Waals surface area (Å²) >= 11 is 0. The van der Waals surface area contributed by atoms with Crippen molar-refractivity contribution in [3.63, 3.8) is 0 Å². The summed E-state index contributed by atoms with van der Waals surface area (Å²) in [6.07, 6.45) is 2.09. The monoisotopic (exact) mass is 439 g/mol. The molecule has 1 aliphatic heterocycles. The minimum Gasteiger partial charge on any atom is -0.472 e. The maximum absolute atomic E-state index is 13.2. The van der Waals surface area contributed by atoms with Gasteiger partial charge in [-0.15, -0.1) is 0 Å². The van der Waals surface area contributed by atoms with E-state index >= 15 is 0 Å². The molecule has 0 unspecified atom stereocenters. The van der Waals surface area contributed by atoms with Gasteiger partial charge in [-0.2, -0.15) is 0 Å². The Morgan fingerprint density at radius 3 is 2.80 bits per heavy atom. The van der Waals surface area contributed by atoms with Crippen molar-refractivity contribution < 1.29 is 27.8 Å². The Morgan fingerprint density at radius 1 is 1.50 bits per heavy atom. The van der Waals surface area contributed by atoms with Gasteiger partial charge in [0.1, 0.15) is 18.3 Å². The number of rotatable bonds is 6. The van der Waals surface area contributed by atoms with E-state index in [0.29, 0.717) is 12.1 Å². The number of pyridine rings is 1. The van der Waals surface area contributed by atoms with Crippen molar-refractivity contribution in [3.05, 3.63) is 23.4 Å². The second-order valence-electron chi connectivity index (χ2n) is 7.48. The number of fused-ring (bicyclic) bond motifs is 1. The lowest BCUT2D eigenvalue weighted by Gasteiger charge is -2.37. The molecule has 0 aliphatic carbocycles. The van der Waals surface area contributed by atoms with Crippen LogP contribution in [0.4, 0.5) is 0 Å². The number of sulfonamides is 1. The molecule has 10 heteroatoms. The smallest absolute Gasteiger partial charge is 0.259 e.